The second-order valence-electron chi connectivity index (χ2n) is 5.58. The molecule has 3 aromatic rings. The molecular formula is C15H15BrN2O3. The van der Waals surface area contributed by atoms with Gasteiger partial charge in [0.15, 0.2) is 0 Å². The quantitative estimate of drug-likeness (QED) is 0.663. The van der Waals surface area contributed by atoms with E-state index in [1.54, 1.807) is 30.4 Å². The van der Waals surface area contributed by atoms with Crippen LogP contribution in [-0.2, 0) is 12.2 Å². The van der Waals surface area contributed by atoms with Crippen LogP contribution in [0.3, 0.4) is 0 Å². The van der Waals surface area contributed by atoms with Crippen molar-refractivity contribution in [2.45, 2.75) is 26.1 Å². The molecule has 0 atom stereocenters. The molecule has 0 saturated heterocycles. The molecule has 1 aromatic carbocycles. The summed E-state index contributed by atoms with van der Waals surface area (Å²) in [6.07, 6.45) is 0. The van der Waals surface area contributed by atoms with Gasteiger partial charge in [0, 0.05) is 5.56 Å². The Morgan fingerprint density at radius 2 is 2.05 bits per heavy atom. The first-order valence-electron chi connectivity index (χ1n) is 6.52. The normalized spacial score (nSPS) is 12.4. The van der Waals surface area contributed by atoms with Crippen molar-refractivity contribution in [1.29, 1.82) is 0 Å². The Bertz CT molecular complexity index is 903. The van der Waals surface area contributed by atoms with Crippen molar-refractivity contribution >= 4 is 32.5 Å². The zero-order chi connectivity index (χ0) is 15.4. The Balaban J connectivity index is 2.46. The van der Waals surface area contributed by atoms with Gasteiger partial charge < -0.3 is 15.2 Å². The zero-order valence-corrected chi connectivity index (χ0v) is 13.2. The molecule has 0 aliphatic carbocycles. The average Bonchev–Trinajstić information content (AvgIpc) is 2.75. The maximum Gasteiger partial charge on any atom is 0.273 e. The number of hydrogen-bond acceptors (Lipinski definition) is 3. The smallest absolute Gasteiger partial charge is 0.273 e. The lowest BCUT2D eigenvalue weighted by Crippen LogP contribution is -2.17. The zero-order valence-electron chi connectivity index (χ0n) is 11.6. The summed E-state index contributed by atoms with van der Waals surface area (Å²) in [6, 6.07) is 7.16. The van der Waals surface area contributed by atoms with E-state index in [4.69, 9.17) is 0 Å². The first-order chi connectivity index (χ1) is 9.82. The molecule has 0 amide bonds. The van der Waals surface area contributed by atoms with E-state index in [9.17, 15) is 15.0 Å². The van der Waals surface area contributed by atoms with Crippen LogP contribution in [0.5, 0.6) is 0 Å². The van der Waals surface area contributed by atoms with Gasteiger partial charge in [-0.05, 0) is 53.5 Å². The number of halogens is 1. The minimum absolute atomic E-state index is 0.203. The summed E-state index contributed by atoms with van der Waals surface area (Å²) in [5.74, 6) is 0. The lowest BCUT2D eigenvalue weighted by atomic mass is 9.98. The minimum Gasteiger partial charge on any atom is -0.392 e. The summed E-state index contributed by atoms with van der Waals surface area (Å²) in [4.78, 5) is 15.1. The molecule has 0 aliphatic heterocycles. The largest absolute Gasteiger partial charge is 0.392 e. The van der Waals surface area contributed by atoms with Crippen LogP contribution >= 0.6 is 15.9 Å². The van der Waals surface area contributed by atoms with E-state index in [0.717, 1.165) is 11.1 Å². The van der Waals surface area contributed by atoms with E-state index in [0.29, 0.717) is 21.2 Å². The molecule has 0 saturated carbocycles. The number of rotatable bonds is 2. The van der Waals surface area contributed by atoms with Crippen LogP contribution in [-0.4, -0.2) is 19.6 Å². The highest BCUT2D eigenvalue weighted by Gasteiger charge is 2.18. The highest BCUT2D eigenvalue weighted by Crippen LogP contribution is 2.27. The van der Waals surface area contributed by atoms with Crippen molar-refractivity contribution in [2.24, 2.45) is 0 Å². The summed E-state index contributed by atoms with van der Waals surface area (Å²) in [7, 11) is 0. The molecule has 2 heterocycles. The van der Waals surface area contributed by atoms with E-state index in [1.807, 2.05) is 12.1 Å². The van der Waals surface area contributed by atoms with Gasteiger partial charge in [0.05, 0.1) is 27.8 Å². The molecular weight excluding hydrogens is 336 g/mol. The molecule has 6 heteroatoms. The van der Waals surface area contributed by atoms with Gasteiger partial charge in [-0.25, -0.2) is 0 Å². The fourth-order valence-corrected chi connectivity index (χ4v) is 3.17. The molecule has 0 fully saturated rings. The Labute approximate surface area is 129 Å². The van der Waals surface area contributed by atoms with Crippen molar-refractivity contribution in [3.8, 4) is 0 Å². The summed E-state index contributed by atoms with van der Waals surface area (Å²) in [5, 5.41) is 19.5. The second kappa shape index (κ2) is 4.69. The van der Waals surface area contributed by atoms with Gasteiger partial charge in [-0.15, -0.1) is 0 Å². The first-order valence-corrected chi connectivity index (χ1v) is 7.32. The fourth-order valence-electron chi connectivity index (χ4n) is 2.52. The van der Waals surface area contributed by atoms with E-state index < -0.39 is 5.60 Å². The van der Waals surface area contributed by atoms with Gasteiger partial charge in [-0.3, -0.25) is 9.20 Å². The summed E-state index contributed by atoms with van der Waals surface area (Å²) in [6.45, 7) is 3.19. The van der Waals surface area contributed by atoms with Crippen molar-refractivity contribution < 1.29 is 10.2 Å². The molecule has 5 nitrogen and oxygen atoms in total. The molecule has 21 heavy (non-hydrogen) atoms. The monoisotopic (exact) mass is 350 g/mol. The second-order valence-corrected chi connectivity index (χ2v) is 6.39. The van der Waals surface area contributed by atoms with E-state index >= 15 is 0 Å². The van der Waals surface area contributed by atoms with Crippen LogP contribution in [0.2, 0.25) is 0 Å². The third-order valence-corrected chi connectivity index (χ3v) is 4.20. The number of aliphatic hydroxyl groups is 2. The minimum atomic E-state index is -0.982. The molecule has 3 rings (SSSR count). The number of benzene rings is 1. The molecule has 0 unspecified atom stereocenters. The number of aromatic amines is 1. The molecule has 2 aromatic heterocycles. The summed E-state index contributed by atoms with van der Waals surface area (Å²) < 4.78 is 2.46. The molecule has 0 bridgehead atoms. The predicted octanol–water partition coefficient (Wildman–Crippen LogP) is 2.26. The number of fused-ring (bicyclic) bond motifs is 3. The Hall–Kier alpha value is -1.63. The van der Waals surface area contributed by atoms with Crippen molar-refractivity contribution in [3.05, 3.63) is 50.3 Å². The van der Waals surface area contributed by atoms with E-state index in [1.165, 1.54) is 0 Å². The van der Waals surface area contributed by atoms with Crippen molar-refractivity contribution in [1.82, 2.24) is 9.38 Å². The molecule has 3 N–H and O–H groups in total. The average molecular weight is 351 g/mol. The third kappa shape index (κ3) is 2.19. The number of hydrogen-bond donors (Lipinski definition) is 3. The Kier molecular flexibility index (Phi) is 3.20. The number of nitrogens with zero attached hydrogens (tertiary/aromatic N) is 1. The Morgan fingerprint density at radius 3 is 2.67 bits per heavy atom. The number of aliphatic hydroxyl groups excluding tert-OH is 1. The third-order valence-electron chi connectivity index (χ3n) is 3.61. The van der Waals surface area contributed by atoms with Crippen molar-refractivity contribution in [2.75, 3.05) is 0 Å². The van der Waals surface area contributed by atoms with Gasteiger partial charge >= 0.3 is 0 Å². The molecule has 0 spiro atoms. The van der Waals surface area contributed by atoms with Crippen LogP contribution in [0.1, 0.15) is 25.0 Å². The van der Waals surface area contributed by atoms with Gasteiger partial charge in [-0.1, -0.05) is 6.07 Å². The van der Waals surface area contributed by atoms with Crippen LogP contribution in [0.15, 0.2) is 33.7 Å². The molecule has 0 aliphatic rings. The Morgan fingerprint density at radius 1 is 1.33 bits per heavy atom. The van der Waals surface area contributed by atoms with Gasteiger partial charge in [0.25, 0.3) is 5.56 Å². The van der Waals surface area contributed by atoms with Crippen LogP contribution in [0.4, 0.5) is 0 Å². The van der Waals surface area contributed by atoms with Crippen molar-refractivity contribution in [3.63, 3.8) is 0 Å². The standard InChI is InChI=1S/C15H15BrN2O3/c1-15(2,21)9-3-4-11-10(6-9)17-14(20)13-8(7-19)5-12(16)18(11)13/h3-6,19,21H,7H2,1-2H3,(H,17,20). The summed E-state index contributed by atoms with van der Waals surface area (Å²) in [5.41, 5.74) is 1.88. The first kappa shape index (κ1) is 14.3. The highest BCUT2D eigenvalue weighted by atomic mass is 79.9. The lowest BCUT2D eigenvalue weighted by Gasteiger charge is -2.18. The fraction of sp³-hybridized carbons (Fsp3) is 0.267. The van der Waals surface area contributed by atoms with Crippen LogP contribution in [0.25, 0.3) is 16.6 Å². The molecule has 110 valence electrons. The lowest BCUT2D eigenvalue weighted by molar-refractivity contribution is 0.0787. The van der Waals surface area contributed by atoms with Crippen LogP contribution in [0, 0.1) is 0 Å². The van der Waals surface area contributed by atoms with Gasteiger partial charge in [-0.2, -0.15) is 0 Å². The van der Waals surface area contributed by atoms with Crippen LogP contribution < -0.4 is 5.56 Å². The summed E-state index contributed by atoms with van der Waals surface area (Å²) >= 11 is 3.42. The topological polar surface area (TPSA) is 77.7 Å². The number of nitrogens with one attached hydrogen (secondary N) is 1. The molecule has 0 radical (unpaired) electrons. The predicted molar refractivity (Wildman–Crippen MR) is 84.4 cm³/mol. The van der Waals surface area contributed by atoms with Gasteiger partial charge in [0.2, 0.25) is 0 Å². The maximum atomic E-state index is 12.3. The van der Waals surface area contributed by atoms with Gasteiger partial charge in [0.1, 0.15) is 5.52 Å². The van der Waals surface area contributed by atoms with E-state index in [-0.39, 0.29) is 12.2 Å². The number of H-pyrrole nitrogens is 1. The highest BCUT2D eigenvalue weighted by molar-refractivity contribution is 9.10. The SMILES string of the molecule is CC(C)(O)c1ccc2c(c1)[nH]c(=O)c1c(CO)cc(Br)n12. The van der Waals surface area contributed by atoms with E-state index in [2.05, 4.69) is 20.9 Å². The number of aromatic nitrogens is 2. The maximum absolute atomic E-state index is 12.3.